The van der Waals surface area contributed by atoms with E-state index in [0.29, 0.717) is 39.8 Å². The second kappa shape index (κ2) is 8.93. The van der Waals surface area contributed by atoms with Crippen molar-refractivity contribution in [3.8, 4) is 17.2 Å². The first-order chi connectivity index (χ1) is 15.5. The number of imidazole rings is 1. The van der Waals surface area contributed by atoms with E-state index in [4.69, 9.17) is 14.2 Å². The number of carbonyl (C=O) groups excluding carboxylic acids is 1. The van der Waals surface area contributed by atoms with Gasteiger partial charge in [-0.2, -0.15) is 0 Å². The molecule has 162 valence electrons. The third-order valence-electron chi connectivity index (χ3n) is 5.00. The van der Waals surface area contributed by atoms with Crippen LogP contribution in [0, 0.1) is 5.82 Å². The Balaban J connectivity index is 1.88. The molecule has 32 heavy (non-hydrogen) atoms. The third-order valence-corrected chi connectivity index (χ3v) is 5.00. The first kappa shape index (κ1) is 21.1. The number of benzene rings is 3. The molecule has 0 aliphatic carbocycles. The van der Waals surface area contributed by atoms with Gasteiger partial charge in [0.15, 0.2) is 17.3 Å². The molecule has 1 aromatic heterocycles. The second-order valence-corrected chi connectivity index (χ2v) is 6.96. The number of carbonyl (C=O) groups is 1. The molecule has 0 amide bonds. The minimum absolute atomic E-state index is 0.307. The number of hydrogen-bond donors (Lipinski definition) is 1. The first-order valence-corrected chi connectivity index (χ1v) is 9.81. The van der Waals surface area contributed by atoms with Crippen LogP contribution in [-0.2, 0) is 0 Å². The lowest BCUT2D eigenvalue weighted by atomic mass is 9.99. The topological polar surface area (TPSA) is 73.4 Å². The summed E-state index contributed by atoms with van der Waals surface area (Å²) in [5.74, 6) is 0.839. The number of aromatic nitrogens is 2. The van der Waals surface area contributed by atoms with Gasteiger partial charge in [0.1, 0.15) is 11.6 Å². The van der Waals surface area contributed by atoms with Crippen molar-refractivity contribution < 1.29 is 23.4 Å². The molecule has 7 heteroatoms. The van der Waals surface area contributed by atoms with E-state index in [1.54, 1.807) is 30.3 Å². The number of Topliss-reactive ketones (excluding diaryl/α,β-unsaturated/α-hetero) is 1. The Labute approximate surface area is 184 Å². The minimum atomic E-state index is -0.358. The molecule has 0 unspecified atom stereocenters. The van der Waals surface area contributed by atoms with E-state index in [1.165, 1.54) is 33.5 Å². The molecule has 1 N–H and O–H groups in total. The molecule has 1 heterocycles. The molecule has 3 aromatic carbocycles. The average molecular weight is 432 g/mol. The highest BCUT2D eigenvalue weighted by atomic mass is 19.1. The number of methoxy groups -OCH3 is 3. The minimum Gasteiger partial charge on any atom is -0.493 e. The van der Waals surface area contributed by atoms with Crippen LogP contribution in [0.3, 0.4) is 0 Å². The largest absolute Gasteiger partial charge is 0.493 e. The van der Waals surface area contributed by atoms with Crippen LogP contribution >= 0.6 is 0 Å². The van der Waals surface area contributed by atoms with Gasteiger partial charge in [0.2, 0.25) is 5.75 Å². The number of H-pyrrole nitrogens is 1. The lowest BCUT2D eigenvalue weighted by Gasteiger charge is -2.14. The van der Waals surface area contributed by atoms with Crippen LogP contribution in [0.1, 0.15) is 21.7 Å². The van der Waals surface area contributed by atoms with Crippen LogP contribution in [0.25, 0.3) is 22.7 Å². The summed E-state index contributed by atoms with van der Waals surface area (Å²) in [4.78, 5) is 21.5. The maximum Gasteiger partial charge on any atom is 0.203 e. The molecule has 0 radical (unpaired) electrons. The Hall–Kier alpha value is -4.13. The maximum absolute atomic E-state index is 13.7. The van der Waals surface area contributed by atoms with Crippen molar-refractivity contribution in [1.82, 2.24) is 9.97 Å². The zero-order valence-corrected chi connectivity index (χ0v) is 17.8. The van der Waals surface area contributed by atoms with Gasteiger partial charge in [-0.1, -0.05) is 24.3 Å². The van der Waals surface area contributed by atoms with Crippen LogP contribution in [-0.4, -0.2) is 37.1 Å². The van der Waals surface area contributed by atoms with Crippen LogP contribution in [0.15, 0.2) is 60.7 Å². The van der Waals surface area contributed by atoms with Crippen molar-refractivity contribution >= 4 is 28.5 Å². The maximum atomic E-state index is 13.7. The number of nitrogens with one attached hydrogen (secondary N) is 1. The van der Waals surface area contributed by atoms with E-state index < -0.39 is 0 Å². The van der Waals surface area contributed by atoms with Gasteiger partial charge in [-0.05, 0) is 48.0 Å². The standard InChI is InChI=1S/C25H21FN2O4/c1-30-21-13-16(14-22(31-2)24(21)32-3)23(29)18(12-15-8-10-17(26)11-9-15)25-27-19-6-4-5-7-20(19)28-25/h4-14H,1-3H3,(H,27,28)/b18-12+. The van der Waals surface area contributed by atoms with Crippen LogP contribution in [0.5, 0.6) is 17.2 Å². The molecule has 0 bridgehead atoms. The molecule has 0 saturated carbocycles. The number of ketones is 1. The molecule has 0 saturated heterocycles. The predicted octanol–water partition coefficient (Wildman–Crippen LogP) is 5.15. The zero-order chi connectivity index (χ0) is 22.7. The van der Waals surface area contributed by atoms with Gasteiger partial charge >= 0.3 is 0 Å². The van der Waals surface area contributed by atoms with Crippen molar-refractivity contribution in [3.63, 3.8) is 0 Å². The summed E-state index contributed by atoms with van der Waals surface area (Å²) in [6, 6.07) is 16.5. The Kier molecular flexibility index (Phi) is 5.89. The molecular formula is C25H21FN2O4. The summed E-state index contributed by atoms with van der Waals surface area (Å²) >= 11 is 0. The SMILES string of the molecule is COc1cc(C(=O)/C(=C\c2ccc(F)cc2)c2nc3ccccc3[nH]2)cc(OC)c1OC. The van der Waals surface area contributed by atoms with E-state index in [2.05, 4.69) is 9.97 Å². The fourth-order valence-electron chi connectivity index (χ4n) is 3.42. The number of rotatable bonds is 7. The normalized spacial score (nSPS) is 11.4. The van der Waals surface area contributed by atoms with Crippen LogP contribution in [0.2, 0.25) is 0 Å². The Morgan fingerprint density at radius 3 is 2.19 bits per heavy atom. The molecule has 0 fully saturated rings. The van der Waals surface area contributed by atoms with Crippen LogP contribution < -0.4 is 14.2 Å². The summed E-state index contributed by atoms with van der Waals surface area (Å²) in [7, 11) is 4.47. The van der Waals surface area contributed by atoms with Gasteiger partial charge in [0.05, 0.1) is 37.9 Å². The molecule has 0 spiro atoms. The summed E-state index contributed by atoms with van der Waals surface area (Å²) < 4.78 is 29.5. The number of nitrogens with zero attached hydrogens (tertiary/aromatic N) is 1. The van der Waals surface area contributed by atoms with Crippen molar-refractivity contribution in [2.24, 2.45) is 0 Å². The lowest BCUT2D eigenvalue weighted by molar-refractivity contribution is 0.105. The van der Waals surface area contributed by atoms with E-state index in [0.717, 1.165) is 11.0 Å². The fraction of sp³-hybridized carbons (Fsp3) is 0.120. The summed E-state index contributed by atoms with van der Waals surface area (Å²) in [6.07, 6.45) is 1.67. The van der Waals surface area contributed by atoms with E-state index in [9.17, 15) is 9.18 Å². The zero-order valence-electron chi connectivity index (χ0n) is 17.8. The van der Waals surface area contributed by atoms with Crippen molar-refractivity contribution in [2.75, 3.05) is 21.3 Å². The van der Waals surface area contributed by atoms with E-state index >= 15 is 0 Å². The van der Waals surface area contributed by atoms with Gasteiger partial charge in [0.25, 0.3) is 0 Å². The summed E-state index contributed by atoms with van der Waals surface area (Å²) in [6.45, 7) is 0. The predicted molar refractivity (Wildman–Crippen MR) is 121 cm³/mol. The molecule has 6 nitrogen and oxygen atoms in total. The number of hydrogen-bond acceptors (Lipinski definition) is 5. The van der Waals surface area contributed by atoms with Gasteiger partial charge in [0, 0.05) is 5.56 Å². The fourth-order valence-corrected chi connectivity index (χ4v) is 3.42. The highest BCUT2D eigenvalue weighted by molar-refractivity contribution is 6.32. The lowest BCUT2D eigenvalue weighted by Crippen LogP contribution is -2.06. The molecule has 0 aliphatic rings. The molecule has 0 atom stereocenters. The smallest absolute Gasteiger partial charge is 0.203 e. The van der Waals surface area contributed by atoms with Crippen molar-refractivity contribution in [1.29, 1.82) is 0 Å². The van der Waals surface area contributed by atoms with Crippen molar-refractivity contribution in [2.45, 2.75) is 0 Å². The number of halogens is 1. The monoisotopic (exact) mass is 432 g/mol. The highest BCUT2D eigenvalue weighted by Crippen LogP contribution is 2.39. The number of para-hydroxylation sites is 2. The Morgan fingerprint density at radius 2 is 1.59 bits per heavy atom. The van der Waals surface area contributed by atoms with Crippen molar-refractivity contribution in [3.05, 3.63) is 83.4 Å². The quantitative estimate of drug-likeness (QED) is 0.323. The number of ether oxygens (including phenoxy) is 3. The summed E-state index contributed by atoms with van der Waals surface area (Å²) in [5.41, 5.74) is 2.81. The third kappa shape index (κ3) is 4.05. The van der Waals surface area contributed by atoms with E-state index in [-0.39, 0.29) is 11.6 Å². The summed E-state index contributed by atoms with van der Waals surface area (Å²) in [5, 5.41) is 0. The Bertz CT molecular complexity index is 1250. The second-order valence-electron chi connectivity index (χ2n) is 6.96. The van der Waals surface area contributed by atoms with Gasteiger partial charge in [-0.3, -0.25) is 4.79 Å². The number of fused-ring (bicyclic) bond motifs is 1. The molecular weight excluding hydrogens is 411 g/mol. The number of allylic oxidation sites excluding steroid dienone is 1. The van der Waals surface area contributed by atoms with E-state index in [1.807, 2.05) is 24.3 Å². The number of aromatic amines is 1. The molecule has 4 rings (SSSR count). The van der Waals surface area contributed by atoms with Gasteiger partial charge < -0.3 is 19.2 Å². The molecule has 0 aliphatic heterocycles. The van der Waals surface area contributed by atoms with Crippen LogP contribution in [0.4, 0.5) is 4.39 Å². The average Bonchev–Trinajstić information content (AvgIpc) is 3.26. The Morgan fingerprint density at radius 1 is 0.938 bits per heavy atom. The highest BCUT2D eigenvalue weighted by Gasteiger charge is 2.22. The molecule has 4 aromatic rings. The van der Waals surface area contributed by atoms with Gasteiger partial charge in [-0.15, -0.1) is 0 Å². The first-order valence-electron chi connectivity index (χ1n) is 9.81. The van der Waals surface area contributed by atoms with Gasteiger partial charge in [-0.25, -0.2) is 9.37 Å².